The second kappa shape index (κ2) is 13.4. The zero-order chi connectivity index (χ0) is 21.8. The minimum atomic E-state index is 0.0291. The molecule has 2 rings (SSSR count). The van der Waals surface area contributed by atoms with Crippen LogP contribution in [-0.2, 0) is 22.7 Å². The first-order chi connectivity index (χ1) is 14.5. The van der Waals surface area contributed by atoms with Crippen molar-refractivity contribution in [1.82, 2.24) is 15.1 Å². The summed E-state index contributed by atoms with van der Waals surface area (Å²) in [7, 11) is 0. The molecule has 0 radical (unpaired) electrons. The van der Waals surface area contributed by atoms with Crippen LogP contribution in [0.15, 0.2) is 24.3 Å². The summed E-state index contributed by atoms with van der Waals surface area (Å²) in [4.78, 5) is 29.1. The number of benzene rings is 1. The minimum absolute atomic E-state index is 0.0291. The number of rotatable bonds is 12. The van der Waals surface area contributed by atoms with Crippen molar-refractivity contribution in [1.29, 1.82) is 0 Å². The van der Waals surface area contributed by atoms with Crippen LogP contribution in [0, 0.1) is 0 Å². The highest BCUT2D eigenvalue weighted by Gasteiger charge is 2.19. The largest absolute Gasteiger partial charge is 0.352 e. The number of carbonyl (C=O) groups excluding carboxylic acids is 2. The van der Waals surface area contributed by atoms with Crippen LogP contribution in [0.25, 0.3) is 0 Å². The van der Waals surface area contributed by atoms with Crippen LogP contribution in [-0.4, -0.2) is 47.3 Å². The third-order valence-electron chi connectivity index (χ3n) is 6.04. The van der Waals surface area contributed by atoms with Crippen molar-refractivity contribution in [2.75, 3.05) is 19.6 Å². The van der Waals surface area contributed by atoms with Gasteiger partial charge in [-0.05, 0) is 56.7 Å². The van der Waals surface area contributed by atoms with E-state index in [1.807, 2.05) is 11.0 Å². The summed E-state index contributed by atoms with van der Waals surface area (Å²) in [5, 5.41) is 3.06. The Bertz CT molecular complexity index is 656. The molecule has 1 unspecified atom stereocenters. The molecule has 5 nitrogen and oxygen atoms in total. The van der Waals surface area contributed by atoms with Gasteiger partial charge in [-0.25, -0.2) is 0 Å². The molecule has 0 saturated carbocycles. The van der Waals surface area contributed by atoms with E-state index >= 15 is 0 Å². The highest BCUT2D eigenvalue weighted by atomic mass is 16.2. The maximum absolute atomic E-state index is 12.3. The fourth-order valence-electron chi connectivity index (χ4n) is 4.24. The van der Waals surface area contributed by atoms with E-state index in [2.05, 4.69) is 49.2 Å². The Morgan fingerprint density at radius 1 is 1.07 bits per heavy atom. The summed E-state index contributed by atoms with van der Waals surface area (Å²) in [6.45, 7) is 10.8. The first-order valence-corrected chi connectivity index (χ1v) is 11.9. The van der Waals surface area contributed by atoms with Crippen molar-refractivity contribution in [3.05, 3.63) is 35.4 Å². The van der Waals surface area contributed by atoms with Gasteiger partial charge in [-0.2, -0.15) is 0 Å². The predicted molar refractivity (Wildman–Crippen MR) is 123 cm³/mol. The average molecular weight is 416 g/mol. The molecule has 1 aliphatic heterocycles. The maximum atomic E-state index is 12.3. The van der Waals surface area contributed by atoms with Crippen molar-refractivity contribution in [2.24, 2.45) is 0 Å². The molecule has 0 aromatic heterocycles. The summed E-state index contributed by atoms with van der Waals surface area (Å²) >= 11 is 0. The van der Waals surface area contributed by atoms with Crippen molar-refractivity contribution < 1.29 is 9.59 Å². The van der Waals surface area contributed by atoms with E-state index in [4.69, 9.17) is 0 Å². The normalized spacial score (nSPS) is 17.0. The fraction of sp³-hybridized carbons (Fsp3) is 0.680. The van der Waals surface area contributed by atoms with E-state index in [-0.39, 0.29) is 11.8 Å². The first-order valence-electron chi connectivity index (χ1n) is 11.9. The Morgan fingerprint density at radius 2 is 1.77 bits per heavy atom. The highest BCUT2D eigenvalue weighted by molar-refractivity contribution is 5.79. The van der Waals surface area contributed by atoms with Crippen LogP contribution in [0.4, 0.5) is 0 Å². The standard InChI is InChI=1S/C25H41N3O2/c1-4-16-27(17-5-2)25(30)15-10-14-24(29)26-19-22-12-6-7-13-23(22)20-28-18-9-8-11-21(28)3/h6-7,12-13,21H,4-5,8-11,14-20H2,1-3H3,(H,26,29). The van der Waals surface area contributed by atoms with E-state index in [1.54, 1.807) is 0 Å². The third kappa shape index (κ3) is 8.10. The van der Waals surface area contributed by atoms with E-state index in [9.17, 15) is 9.59 Å². The summed E-state index contributed by atoms with van der Waals surface area (Å²) < 4.78 is 0. The van der Waals surface area contributed by atoms with Gasteiger partial charge in [0.15, 0.2) is 0 Å². The van der Waals surface area contributed by atoms with E-state index in [1.165, 1.54) is 30.4 Å². The quantitative estimate of drug-likeness (QED) is 0.547. The second-order valence-electron chi connectivity index (χ2n) is 8.60. The van der Waals surface area contributed by atoms with Gasteiger partial charge in [-0.15, -0.1) is 0 Å². The summed E-state index contributed by atoms with van der Waals surface area (Å²) in [5.74, 6) is 0.203. The zero-order valence-electron chi connectivity index (χ0n) is 19.3. The van der Waals surface area contributed by atoms with Crippen molar-refractivity contribution >= 4 is 11.8 Å². The van der Waals surface area contributed by atoms with E-state index in [0.717, 1.165) is 39.0 Å². The predicted octanol–water partition coefficient (Wildman–Crippen LogP) is 4.50. The van der Waals surface area contributed by atoms with Gasteiger partial charge in [-0.3, -0.25) is 14.5 Å². The van der Waals surface area contributed by atoms with Gasteiger partial charge < -0.3 is 10.2 Å². The van der Waals surface area contributed by atoms with Crippen molar-refractivity contribution in [2.45, 2.75) is 91.3 Å². The molecular formula is C25H41N3O2. The van der Waals surface area contributed by atoms with Gasteiger partial charge in [-0.1, -0.05) is 44.5 Å². The van der Waals surface area contributed by atoms with Gasteiger partial charge in [0, 0.05) is 45.1 Å². The summed E-state index contributed by atoms with van der Waals surface area (Å²) in [6, 6.07) is 9.04. The summed E-state index contributed by atoms with van der Waals surface area (Å²) in [6.07, 6.45) is 7.29. The number of amides is 2. The number of piperidine rings is 1. The number of hydrogen-bond acceptors (Lipinski definition) is 3. The van der Waals surface area contributed by atoms with Crippen LogP contribution in [0.3, 0.4) is 0 Å². The fourth-order valence-corrected chi connectivity index (χ4v) is 4.24. The van der Waals surface area contributed by atoms with Crippen LogP contribution < -0.4 is 5.32 Å². The first kappa shape index (κ1) is 24.4. The Morgan fingerprint density at radius 3 is 2.43 bits per heavy atom. The van der Waals surface area contributed by atoms with Gasteiger partial charge in [0.05, 0.1) is 0 Å². The molecule has 1 heterocycles. The van der Waals surface area contributed by atoms with Gasteiger partial charge >= 0.3 is 0 Å². The molecule has 1 fully saturated rings. The zero-order valence-corrected chi connectivity index (χ0v) is 19.3. The van der Waals surface area contributed by atoms with Crippen LogP contribution in [0.5, 0.6) is 0 Å². The Balaban J connectivity index is 1.77. The van der Waals surface area contributed by atoms with Gasteiger partial charge in [0.25, 0.3) is 0 Å². The smallest absolute Gasteiger partial charge is 0.222 e. The number of carbonyl (C=O) groups is 2. The lowest BCUT2D eigenvalue weighted by molar-refractivity contribution is -0.131. The second-order valence-corrected chi connectivity index (χ2v) is 8.60. The van der Waals surface area contributed by atoms with Crippen molar-refractivity contribution in [3.8, 4) is 0 Å². The molecule has 1 atom stereocenters. The molecule has 0 aliphatic carbocycles. The number of likely N-dealkylation sites (tertiary alicyclic amines) is 1. The average Bonchev–Trinajstić information content (AvgIpc) is 2.74. The molecule has 0 bridgehead atoms. The molecule has 1 aromatic rings. The molecule has 2 amide bonds. The number of hydrogen-bond donors (Lipinski definition) is 1. The van der Waals surface area contributed by atoms with E-state index in [0.29, 0.717) is 31.8 Å². The van der Waals surface area contributed by atoms with Crippen molar-refractivity contribution in [3.63, 3.8) is 0 Å². The SMILES string of the molecule is CCCN(CCC)C(=O)CCCC(=O)NCc1ccccc1CN1CCCCC1C. The molecule has 1 aliphatic rings. The molecule has 1 saturated heterocycles. The van der Waals surface area contributed by atoms with Crippen LogP contribution in [0.1, 0.15) is 83.3 Å². The number of nitrogens with zero attached hydrogens (tertiary/aromatic N) is 2. The third-order valence-corrected chi connectivity index (χ3v) is 6.04. The van der Waals surface area contributed by atoms with Crippen LogP contribution in [0.2, 0.25) is 0 Å². The maximum Gasteiger partial charge on any atom is 0.222 e. The molecule has 168 valence electrons. The molecule has 1 aromatic carbocycles. The molecule has 1 N–H and O–H groups in total. The lowest BCUT2D eigenvalue weighted by Crippen LogP contribution is -2.37. The Kier molecular flexibility index (Phi) is 10.9. The monoisotopic (exact) mass is 415 g/mol. The molecule has 0 spiro atoms. The molecule has 30 heavy (non-hydrogen) atoms. The van der Waals surface area contributed by atoms with Gasteiger partial charge in [0.2, 0.25) is 11.8 Å². The van der Waals surface area contributed by atoms with Crippen LogP contribution >= 0.6 is 0 Å². The Labute approximate surface area is 183 Å². The number of nitrogens with one attached hydrogen (secondary N) is 1. The lowest BCUT2D eigenvalue weighted by Gasteiger charge is -2.33. The van der Waals surface area contributed by atoms with Gasteiger partial charge in [0.1, 0.15) is 0 Å². The Hall–Kier alpha value is -1.88. The topological polar surface area (TPSA) is 52.7 Å². The summed E-state index contributed by atoms with van der Waals surface area (Å²) in [5.41, 5.74) is 2.49. The highest BCUT2D eigenvalue weighted by Crippen LogP contribution is 2.20. The minimum Gasteiger partial charge on any atom is -0.352 e. The van der Waals surface area contributed by atoms with E-state index < -0.39 is 0 Å². The molecular weight excluding hydrogens is 374 g/mol. The lowest BCUT2D eigenvalue weighted by atomic mass is 10.0. The molecule has 5 heteroatoms.